The maximum atomic E-state index is 12.5. The van der Waals surface area contributed by atoms with Gasteiger partial charge in [-0.2, -0.15) is 0 Å². The van der Waals surface area contributed by atoms with Gasteiger partial charge >= 0.3 is 0 Å². The molecule has 0 bridgehead atoms. The van der Waals surface area contributed by atoms with E-state index in [2.05, 4.69) is 10.2 Å². The summed E-state index contributed by atoms with van der Waals surface area (Å²) in [6.07, 6.45) is 5.01. The van der Waals surface area contributed by atoms with Crippen LogP contribution in [0.25, 0.3) is 0 Å². The summed E-state index contributed by atoms with van der Waals surface area (Å²) >= 11 is 18.3. The Morgan fingerprint density at radius 2 is 1.89 bits per heavy atom. The second-order valence-corrected chi connectivity index (χ2v) is 9.96. The average molecular weight is 434 g/mol. The fraction of sp³-hybridized carbons (Fsp3) is 0.650. The van der Waals surface area contributed by atoms with Gasteiger partial charge < -0.3 is 15.0 Å². The minimum absolute atomic E-state index is 0.311. The van der Waals surface area contributed by atoms with E-state index in [1.807, 2.05) is 19.1 Å². The lowest BCUT2D eigenvalue weighted by Crippen LogP contribution is -2.51. The maximum Gasteiger partial charge on any atom is 0.253 e. The molecule has 1 aromatic rings. The number of hydrogen-bond donors (Lipinski definition) is 1. The van der Waals surface area contributed by atoms with E-state index in [4.69, 9.17) is 39.5 Å². The van der Waals surface area contributed by atoms with Gasteiger partial charge in [-0.15, -0.1) is 0 Å². The summed E-state index contributed by atoms with van der Waals surface area (Å²) < 4.78 is 4.22. The van der Waals surface area contributed by atoms with Gasteiger partial charge in [0, 0.05) is 11.6 Å². The van der Waals surface area contributed by atoms with Gasteiger partial charge in [0.1, 0.15) is 0 Å². The van der Waals surface area contributed by atoms with Crippen LogP contribution in [0.15, 0.2) is 24.3 Å². The Balaban J connectivity index is 1.61. The molecule has 0 spiro atoms. The highest BCUT2D eigenvalue weighted by molar-refractivity contribution is 6.68. The Hall–Kier alpha value is -0.520. The van der Waals surface area contributed by atoms with E-state index >= 15 is 0 Å². The number of benzene rings is 1. The van der Waals surface area contributed by atoms with E-state index in [1.54, 1.807) is 12.1 Å². The molecule has 0 aliphatic carbocycles. The molecule has 3 atom stereocenters. The van der Waals surface area contributed by atoms with Crippen LogP contribution in [-0.2, 0) is 4.74 Å². The first-order valence-electron chi connectivity index (χ1n) is 9.64. The van der Waals surface area contributed by atoms with Gasteiger partial charge in [0.25, 0.3) is 5.91 Å². The number of nitrogens with zero attached hydrogens (tertiary/aromatic N) is 1. The molecule has 27 heavy (non-hydrogen) atoms. The van der Waals surface area contributed by atoms with E-state index in [-0.39, 0.29) is 5.91 Å². The molecule has 2 aliphatic rings. The quantitative estimate of drug-likeness (QED) is 0.540. The molecule has 0 aromatic heterocycles. The molecule has 150 valence electrons. The minimum atomic E-state index is -1.73. The lowest BCUT2D eigenvalue weighted by atomic mass is 9.84. The molecule has 0 unspecified atom stereocenters. The van der Waals surface area contributed by atoms with E-state index in [9.17, 15) is 4.79 Å². The van der Waals surface area contributed by atoms with Crippen molar-refractivity contribution < 1.29 is 9.53 Å². The van der Waals surface area contributed by atoms with Crippen molar-refractivity contribution in [2.45, 2.75) is 55.1 Å². The molecule has 1 amide bonds. The average Bonchev–Trinajstić information content (AvgIpc) is 2.64. The Morgan fingerprint density at radius 1 is 1.19 bits per heavy atom. The minimum Gasteiger partial charge on any atom is -0.354 e. The molecule has 1 aromatic carbocycles. The summed E-state index contributed by atoms with van der Waals surface area (Å²) in [5.74, 6) is 0.0967. The van der Waals surface area contributed by atoms with Gasteiger partial charge in [0.15, 0.2) is 6.23 Å². The SMILES string of the molecule is Cc1ccc(C(=O)N[C@H](OC[C@@H]2CCCN3CCCC[C@H]23)C(Cl)(Cl)Cl)cc1. The van der Waals surface area contributed by atoms with Crippen molar-refractivity contribution in [3.63, 3.8) is 0 Å². The molecular weight excluding hydrogens is 407 g/mol. The van der Waals surface area contributed by atoms with Crippen molar-refractivity contribution in [2.75, 3.05) is 19.7 Å². The monoisotopic (exact) mass is 432 g/mol. The topological polar surface area (TPSA) is 41.6 Å². The molecule has 1 N–H and O–H groups in total. The summed E-state index contributed by atoms with van der Waals surface area (Å²) in [6, 6.07) is 7.79. The first kappa shape index (κ1) is 21.2. The van der Waals surface area contributed by atoms with E-state index < -0.39 is 10.0 Å². The van der Waals surface area contributed by atoms with Gasteiger partial charge in [0.2, 0.25) is 3.79 Å². The zero-order valence-corrected chi connectivity index (χ0v) is 17.9. The van der Waals surface area contributed by atoms with E-state index in [1.165, 1.54) is 38.8 Å². The maximum absolute atomic E-state index is 12.5. The van der Waals surface area contributed by atoms with Crippen LogP contribution in [0.5, 0.6) is 0 Å². The Kier molecular flexibility index (Phi) is 7.32. The standard InChI is InChI=1S/C20H27Cl3N2O2/c1-14-7-9-15(10-8-14)18(26)24-19(20(21,22)23)27-13-16-5-4-12-25-11-3-2-6-17(16)25/h7-10,16-17,19H,2-6,11-13H2,1H3,(H,24,26)/t16-,17+,19+/m0/s1. The smallest absolute Gasteiger partial charge is 0.253 e. The number of ether oxygens (including phenoxy) is 1. The van der Waals surface area contributed by atoms with Gasteiger partial charge in [-0.25, -0.2) is 0 Å². The summed E-state index contributed by atoms with van der Waals surface area (Å²) in [4.78, 5) is 15.1. The summed E-state index contributed by atoms with van der Waals surface area (Å²) in [7, 11) is 0. The normalized spacial score (nSPS) is 24.9. The second kappa shape index (κ2) is 9.32. The van der Waals surface area contributed by atoms with Crippen molar-refractivity contribution in [3.8, 4) is 0 Å². The fourth-order valence-corrected chi connectivity index (χ4v) is 4.47. The molecular formula is C20H27Cl3N2O2. The molecule has 0 saturated carbocycles. The number of hydrogen-bond acceptors (Lipinski definition) is 3. The van der Waals surface area contributed by atoms with Gasteiger partial charge in [0.05, 0.1) is 6.61 Å². The van der Waals surface area contributed by atoms with Crippen LogP contribution in [0.2, 0.25) is 0 Å². The van der Waals surface area contributed by atoms with Crippen LogP contribution in [0.3, 0.4) is 0 Å². The van der Waals surface area contributed by atoms with E-state index in [0.29, 0.717) is 24.1 Å². The summed E-state index contributed by atoms with van der Waals surface area (Å²) in [5, 5.41) is 2.73. The third kappa shape index (κ3) is 5.74. The molecule has 0 radical (unpaired) electrons. The van der Waals surface area contributed by atoms with Gasteiger partial charge in [-0.3, -0.25) is 4.79 Å². The number of carbonyl (C=O) groups excluding carboxylic acids is 1. The molecule has 2 fully saturated rings. The number of aryl methyl sites for hydroxylation is 1. The van der Waals surface area contributed by atoms with Gasteiger partial charge in [-0.05, 0) is 63.7 Å². The lowest BCUT2D eigenvalue weighted by Gasteiger charge is -2.44. The predicted octanol–water partition coefficient (Wildman–Crippen LogP) is 4.70. The summed E-state index contributed by atoms with van der Waals surface area (Å²) in [6.45, 7) is 4.78. The molecule has 2 saturated heterocycles. The third-order valence-corrected chi connectivity index (χ3v) is 6.17. The van der Waals surface area contributed by atoms with Crippen molar-refractivity contribution in [2.24, 2.45) is 5.92 Å². The molecule has 3 rings (SSSR count). The Bertz CT molecular complexity index is 631. The number of halogens is 3. The summed E-state index contributed by atoms with van der Waals surface area (Å²) in [5.41, 5.74) is 1.59. The number of alkyl halides is 3. The van der Waals surface area contributed by atoms with Crippen LogP contribution < -0.4 is 5.32 Å². The van der Waals surface area contributed by atoms with Gasteiger partial charge in [-0.1, -0.05) is 58.9 Å². The largest absolute Gasteiger partial charge is 0.354 e. The van der Waals surface area contributed by atoms with Crippen molar-refractivity contribution in [1.82, 2.24) is 10.2 Å². The number of amides is 1. The Morgan fingerprint density at radius 3 is 2.59 bits per heavy atom. The lowest BCUT2D eigenvalue weighted by molar-refractivity contribution is -0.0325. The third-order valence-electron chi connectivity index (χ3n) is 5.58. The number of fused-ring (bicyclic) bond motifs is 1. The van der Waals surface area contributed by atoms with Crippen molar-refractivity contribution >= 4 is 40.7 Å². The Labute approximate surface area is 176 Å². The second-order valence-electron chi connectivity index (χ2n) is 7.60. The number of carbonyl (C=O) groups is 1. The predicted molar refractivity (Wildman–Crippen MR) is 111 cm³/mol. The first-order valence-corrected chi connectivity index (χ1v) is 10.8. The van der Waals surface area contributed by atoms with Crippen molar-refractivity contribution in [1.29, 1.82) is 0 Å². The zero-order valence-electron chi connectivity index (χ0n) is 15.6. The van der Waals surface area contributed by atoms with Crippen molar-refractivity contribution in [3.05, 3.63) is 35.4 Å². The van der Waals surface area contributed by atoms with Crippen LogP contribution in [0.4, 0.5) is 0 Å². The fourth-order valence-electron chi connectivity index (χ4n) is 4.12. The first-order chi connectivity index (χ1) is 12.8. The highest BCUT2D eigenvalue weighted by atomic mass is 35.6. The van der Waals surface area contributed by atoms with Crippen LogP contribution in [0.1, 0.15) is 48.0 Å². The molecule has 2 aliphatic heterocycles. The van der Waals surface area contributed by atoms with Crippen LogP contribution in [0, 0.1) is 12.8 Å². The highest BCUT2D eigenvalue weighted by Gasteiger charge is 2.38. The number of nitrogens with one attached hydrogen (secondary N) is 1. The zero-order chi connectivity index (χ0) is 19.4. The van der Waals surface area contributed by atoms with E-state index in [0.717, 1.165) is 12.0 Å². The number of piperidine rings is 2. The number of rotatable bonds is 5. The molecule has 2 heterocycles. The molecule has 7 heteroatoms. The highest BCUT2D eigenvalue weighted by Crippen LogP contribution is 2.34. The van der Waals surface area contributed by atoms with Crippen LogP contribution >= 0.6 is 34.8 Å². The molecule has 4 nitrogen and oxygen atoms in total. The van der Waals surface area contributed by atoms with Crippen LogP contribution in [-0.4, -0.2) is 46.6 Å².